The average molecular weight is 425 g/mol. The summed E-state index contributed by atoms with van der Waals surface area (Å²) in [5, 5.41) is 3.19. The Morgan fingerprint density at radius 1 is 1.17 bits per heavy atom. The van der Waals surface area contributed by atoms with Crippen molar-refractivity contribution in [3.63, 3.8) is 0 Å². The maximum Gasteiger partial charge on any atom is 0.264 e. The molecule has 0 aliphatic carbocycles. The Labute approximate surface area is 179 Å². The molecule has 1 aromatic carbocycles. The van der Waals surface area contributed by atoms with Crippen LogP contribution in [0.1, 0.15) is 14.5 Å². The summed E-state index contributed by atoms with van der Waals surface area (Å²) in [7, 11) is 0. The van der Waals surface area contributed by atoms with Crippen molar-refractivity contribution >= 4 is 33.6 Å². The van der Waals surface area contributed by atoms with Crippen LogP contribution in [0.4, 0.5) is 5.00 Å². The fraction of sp³-hybridized carbons (Fsp3) is 0.261. The van der Waals surface area contributed by atoms with Crippen LogP contribution in [0.3, 0.4) is 0 Å². The molecule has 2 aromatic heterocycles. The highest BCUT2D eigenvalue weighted by Gasteiger charge is 2.24. The Balaban J connectivity index is 1.67. The van der Waals surface area contributed by atoms with E-state index in [4.69, 9.17) is 4.74 Å². The molecular formula is C23H24N2O2S2. The SMILES string of the molecule is C=CCN(Cc1cccs1)C(=O)c1cc(-c2ccccc2)c(N2CCOCC2)s1. The number of benzene rings is 1. The molecule has 0 bridgehead atoms. The summed E-state index contributed by atoms with van der Waals surface area (Å²) in [4.78, 5) is 19.5. The minimum atomic E-state index is 0.0555. The van der Waals surface area contributed by atoms with Crippen molar-refractivity contribution in [1.29, 1.82) is 0 Å². The molecular weight excluding hydrogens is 400 g/mol. The largest absolute Gasteiger partial charge is 0.378 e. The van der Waals surface area contributed by atoms with E-state index in [1.54, 1.807) is 28.7 Å². The van der Waals surface area contributed by atoms with Gasteiger partial charge >= 0.3 is 0 Å². The van der Waals surface area contributed by atoms with Gasteiger partial charge in [0.2, 0.25) is 0 Å². The molecule has 6 heteroatoms. The number of hydrogen-bond donors (Lipinski definition) is 0. The summed E-state index contributed by atoms with van der Waals surface area (Å²) in [5.41, 5.74) is 2.26. The first-order valence-electron chi connectivity index (χ1n) is 9.71. The van der Waals surface area contributed by atoms with Gasteiger partial charge in [-0.25, -0.2) is 0 Å². The second-order valence-electron chi connectivity index (χ2n) is 6.85. The molecule has 4 nitrogen and oxygen atoms in total. The minimum Gasteiger partial charge on any atom is -0.378 e. The Morgan fingerprint density at radius 3 is 2.66 bits per heavy atom. The standard InChI is InChI=1S/C23H24N2O2S2/c1-2-10-25(17-19-9-6-15-28-19)22(26)21-16-20(18-7-4-3-5-8-18)23(29-21)24-11-13-27-14-12-24/h2-9,15-16H,1,10-14,17H2. The van der Waals surface area contributed by atoms with E-state index >= 15 is 0 Å². The Bertz CT molecular complexity index is 945. The average Bonchev–Trinajstić information content (AvgIpc) is 3.44. The zero-order valence-electron chi connectivity index (χ0n) is 16.3. The predicted molar refractivity (Wildman–Crippen MR) is 122 cm³/mol. The number of thiophene rings is 2. The number of ether oxygens (including phenoxy) is 1. The molecule has 0 spiro atoms. The summed E-state index contributed by atoms with van der Waals surface area (Å²) in [5.74, 6) is 0.0555. The molecule has 0 radical (unpaired) electrons. The van der Waals surface area contributed by atoms with Gasteiger partial charge in [-0.2, -0.15) is 0 Å². The maximum atomic E-state index is 13.4. The number of hydrogen-bond acceptors (Lipinski definition) is 5. The number of amides is 1. The zero-order valence-corrected chi connectivity index (χ0v) is 17.9. The van der Waals surface area contributed by atoms with E-state index in [1.807, 2.05) is 34.5 Å². The van der Waals surface area contributed by atoms with Gasteiger partial charge < -0.3 is 14.5 Å². The highest BCUT2D eigenvalue weighted by atomic mass is 32.1. The molecule has 29 heavy (non-hydrogen) atoms. The highest BCUT2D eigenvalue weighted by Crippen LogP contribution is 2.40. The Hall–Kier alpha value is -2.41. The summed E-state index contributed by atoms with van der Waals surface area (Å²) in [6, 6.07) is 16.4. The van der Waals surface area contributed by atoms with Crippen molar-refractivity contribution in [3.05, 3.63) is 76.3 Å². The fourth-order valence-electron chi connectivity index (χ4n) is 3.43. The van der Waals surface area contributed by atoms with Crippen LogP contribution >= 0.6 is 22.7 Å². The van der Waals surface area contributed by atoms with Crippen molar-refractivity contribution in [1.82, 2.24) is 4.90 Å². The third-order valence-corrected chi connectivity index (χ3v) is 6.91. The molecule has 3 aromatic rings. The van der Waals surface area contributed by atoms with Crippen molar-refractivity contribution < 1.29 is 9.53 Å². The van der Waals surface area contributed by atoms with Gasteiger partial charge in [0.15, 0.2) is 0 Å². The molecule has 0 saturated carbocycles. The normalized spacial score (nSPS) is 14.0. The lowest BCUT2D eigenvalue weighted by Crippen LogP contribution is -2.35. The van der Waals surface area contributed by atoms with Gasteiger partial charge in [0.05, 0.1) is 29.6 Å². The van der Waals surface area contributed by atoms with Crippen LogP contribution < -0.4 is 4.90 Å². The van der Waals surface area contributed by atoms with E-state index in [0.29, 0.717) is 13.1 Å². The molecule has 1 aliphatic heterocycles. The summed E-state index contributed by atoms with van der Waals surface area (Å²) < 4.78 is 5.53. The predicted octanol–water partition coefficient (Wildman–Crippen LogP) is 5.14. The third kappa shape index (κ3) is 4.61. The van der Waals surface area contributed by atoms with Crippen molar-refractivity contribution in [2.24, 2.45) is 0 Å². The smallest absolute Gasteiger partial charge is 0.264 e. The van der Waals surface area contributed by atoms with Crippen LogP contribution in [-0.2, 0) is 11.3 Å². The van der Waals surface area contributed by atoms with E-state index in [-0.39, 0.29) is 5.91 Å². The first-order valence-corrected chi connectivity index (χ1v) is 11.4. The number of rotatable bonds is 7. The summed E-state index contributed by atoms with van der Waals surface area (Å²) in [6.45, 7) is 8.11. The second kappa shape index (κ2) is 9.39. The van der Waals surface area contributed by atoms with E-state index in [0.717, 1.165) is 47.3 Å². The number of carbonyl (C=O) groups excluding carboxylic acids is 1. The monoisotopic (exact) mass is 424 g/mol. The van der Waals surface area contributed by atoms with E-state index in [2.05, 4.69) is 35.7 Å². The van der Waals surface area contributed by atoms with Crippen molar-refractivity contribution in [3.8, 4) is 11.1 Å². The van der Waals surface area contributed by atoms with Crippen LogP contribution in [0.5, 0.6) is 0 Å². The molecule has 4 rings (SSSR count). The first kappa shape index (κ1) is 19.9. The number of morpholine rings is 1. The van der Waals surface area contributed by atoms with E-state index in [9.17, 15) is 4.79 Å². The van der Waals surface area contributed by atoms with Crippen molar-refractivity contribution in [2.75, 3.05) is 37.7 Å². The molecule has 0 atom stereocenters. The number of anilines is 1. The molecule has 1 fully saturated rings. The third-order valence-electron chi connectivity index (χ3n) is 4.87. The topological polar surface area (TPSA) is 32.8 Å². The number of nitrogens with zero attached hydrogens (tertiary/aromatic N) is 2. The molecule has 1 aliphatic rings. The van der Waals surface area contributed by atoms with Gasteiger partial charge in [-0.1, -0.05) is 42.5 Å². The molecule has 150 valence electrons. The summed E-state index contributed by atoms with van der Waals surface area (Å²) >= 11 is 3.25. The second-order valence-corrected chi connectivity index (χ2v) is 8.91. The van der Waals surface area contributed by atoms with Crippen LogP contribution in [-0.4, -0.2) is 43.7 Å². The van der Waals surface area contributed by atoms with E-state index in [1.165, 1.54) is 4.88 Å². The zero-order chi connectivity index (χ0) is 20.1. The van der Waals surface area contributed by atoms with Gasteiger partial charge in [-0.3, -0.25) is 4.79 Å². The fourth-order valence-corrected chi connectivity index (χ4v) is 5.35. The Morgan fingerprint density at radius 2 is 1.97 bits per heavy atom. The van der Waals surface area contributed by atoms with Crippen LogP contribution in [0, 0.1) is 0 Å². The quantitative estimate of drug-likeness (QED) is 0.492. The summed E-state index contributed by atoms with van der Waals surface area (Å²) in [6.07, 6.45) is 1.79. The lowest BCUT2D eigenvalue weighted by molar-refractivity contribution is 0.0769. The van der Waals surface area contributed by atoms with Gasteiger partial charge in [-0.05, 0) is 23.1 Å². The van der Waals surface area contributed by atoms with Crippen LogP contribution in [0.2, 0.25) is 0 Å². The van der Waals surface area contributed by atoms with Crippen LogP contribution in [0.15, 0.2) is 66.6 Å². The van der Waals surface area contributed by atoms with Gasteiger partial charge in [0.25, 0.3) is 5.91 Å². The minimum absolute atomic E-state index is 0.0555. The lowest BCUT2D eigenvalue weighted by Gasteiger charge is -2.28. The van der Waals surface area contributed by atoms with Gasteiger partial charge in [0, 0.05) is 30.1 Å². The van der Waals surface area contributed by atoms with E-state index < -0.39 is 0 Å². The molecule has 0 N–H and O–H groups in total. The molecule has 3 heterocycles. The van der Waals surface area contributed by atoms with Gasteiger partial charge in [0.1, 0.15) is 0 Å². The van der Waals surface area contributed by atoms with Crippen molar-refractivity contribution in [2.45, 2.75) is 6.54 Å². The first-order chi connectivity index (χ1) is 14.3. The maximum absolute atomic E-state index is 13.4. The molecule has 1 saturated heterocycles. The molecule has 1 amide bonds. The highest BCUT2D eigenvalue weighted by molar-refractivity contribution is 7.18. The number of carbonyl (C=O) groups is 1. The van der Waals surface area contributed by atoms with Crippen LogP contribution in [0.25, 0.3) is 11.1 Å². The Kier molecular flexibility index (Phi) is 6.44. The lowest BCUT2D eigenvalue weighted by atomic mass is 10.1. The molecule has 0 unspecified atom stereocenters. The van der Waals surface area contributed by atoms with Gasteiger partial charge in [-0.15, -0.1) is 29.3 Å².